The average Bonchev–Trinajstić information content (AvgIpc) is 3.89. The van der Waals surface area contributed by atoms with E-state index >= 15 is 0 Å². The van der Waals surface area contributed by atoms with Gasteiger partial charge in [-0.15, -0.1) is 6.58 Å². The summed E-state index contributed by atoms with van der Waals surface area (Å²) in [6, 6.07) is 14.4. The lowest BCUT2D eigenvalue weighted by atomic mass is 9.79. The predicted molar refractivity (Wildman–Crippen MR) is 213 cm³/mol. The van der Waals surface area contributed by atoms with Crippen LogP contribution in [0.1, 0.15) is 161 Å². The highest BCUT2D eigenvalue weighted by Gasteiger charge is 2.46. The van der Waals surface area contributed by atoms with Crippen molar-refractivity contribution in [3.05, 3.63) is 82.4 Å². The van der Waals surface area contributed by atoms with E-state index in [9.17, 15) is 9.90 Å². The van der Waals surface area contributed by atoms with Crippen LogP contribution in [0.15, 0.2) is 49.1 Å². The Morgan fingerprint density at radius 3 is 2.06 bits per heavy atom. The number of aliphatic hydroxyl groups is 1. The summed E-state index contributed by atoms with van der Waals surface area (Å²) in [4.78, 5) is 11.6. The number of benzene rings is 2. The van der Waals surface area contributed by atoms with E-state index < -0.39 is 0 Å². The Morgan fingerprint density at radius 2 is 1.50 bits per heavy atom. The molecule has 1 heterocycles. The number of esters is 1. The molecular weight excluding hydrogens is 643 g/mol. The lowest BCUT2D eigenvalue weighted by Gasteiger charge is -2.26. The van der Waals surface area contributed by atoms with Crippen molar-refractivity contribution in [1.82, 2.24) is 0 Å². The minimum atomic E-state index is -0.355. The Balaban J connectivity index is 0.000000179. The van der Waals surface area contributed by atoms with Crippen LogP contribution in [0.25, 0.3) is 0 Å². The number of unbranched alkanes of at least 4 members (excludes halogenated alkanes) is 3. The summed E-state index contributed by atoms with van der Waals surface area (Å²) in [6.07, 6.45) is 27.5. The summed E-state index contributed by atoms with van der Waals surface area (Å²) in [5, 5.41) is 9.51. The van der Waals surface area contributed by atoms with Gasteiger partial charge in [0.1, 0.15) is 0 Å². The Bertz CT molecular complexity index is 1490. The SMILES string of the molecule is C=CCCCC[C@H]1CCc2cc([C@H]3CC[C@]4(COC(=O)C4)C3)ccc2C1.COC(C)CCCC[C@H]1CCc2cc([C@H]3CC[C@](N)(CO)C3)ccc2C1. The molecule has 7 atom stereocenters. The number of hydrogen-bond acceptors (Lipinski definition) is 5. The molecule has 1 spiro atoms. The average molecular weight is 712 g/mol. The molecule has 2 saturated carbocycles. The van der Waals surface area contributed by atoms with Gasteiger partial charge in [-0.3, -0.25) is 4.79 Å². The number of ether oxygens (including phenoxy) is 2. The second kappa shape index (κ2) is 18.2. The third-order valence-electron chi connectivity index (χ3n) is 13.9. The van der Waals surface area contributed by atoms with Gasteiger partial charge in [0, 0.05) is 18.1 Å². The molecule has 52 heavy (non-hydrogen) atoms. The van der Waals surface area contributed by atoms with Crippen molar-refractivity contribution in [1.29, 1.82) is 0 Å². The molecule has 5 nitrogen and oxygen atoms in total. The highest BCUT2D eigenvalue weighted by molar-refractivity contribution is 5.72. The number of cyclic esters (lactones) is 1. The van der Waals surface area contributed by atoms with Gasteiger partial charge in [-0.1, -0.05) is 74.6 Å². The van der Waals surface area contributed by atoms with E-state index in [1.165, 1.54) is 101 Å². The fourth-order valence-corrected chi connectivity index (χ4v) is 10.4. The molecular formula is C47H69NO4. The van der Waals surface area contributed by atoms with Gasteiger partial charge in [0.05, 0.1) is 25.7 Å². The maximum Gasteiger partial charge on any atom is 0.306 e. The molecule has 0 aromatic heterocycles. The molecule has 1 unspecified atom stereocenters. The summed E-state index contributed by atoms with van der Waals surface area (Å²) in [5.74, 6) is 2.87. The van der Waals surface area contributed by atoms with E-state index in [-0.39, 0.29) is 23.5 Å². The molecule has 1 aliphatic heterocycles. The molecule has 0 radical (unpaired) electrons. The van der Waals surface area contributed by atoms with Crippen molar-refractivity contribution in [3.8, 4) is 0 Å². The third-order valence-corrected chi connectivity index (χ3v) is 13.9. The standard InChI is InChI=1S/C24H32O2.C23H37NO2/c1-2-3-4-5-6-18-7-8-20-14-21(10-9-19(20)13-18)22-11-12-24(15-22)16-23(25)26-17-24;1-17(26-2)5-3-4-6-18-7-8-20-14-21(10-9-19(20)13-18)22-11-12-23(24,15-22)16-25/h2,9-10,14,18,22H,1,3-8,11-13,15-17H2;9-10,14,17-18,22,25H,3-8,11-13,15-16,24H2,1-2H3/t18-,22-,24-;17?,18-,22-,23+/m00/s1. The molecule has 5 aliphatic rings. The molecule has 0 bridgehead atoms. The zero-order valence-electron chi connectivity index (χ0n) is 32.6. The molecule has 3 N–H and O–H groups in total. The molecule has 0 amide bonds. The maximum absolute atomic E-state index is 11.6. The van der Waals surface area contributed by atoms with E-state index in [0.29, 0.717) is 31.0 Å². The molecule has 3 fully saturated rings. The van der Waals surface area contributed by atoms with Gasteiger partial charge in [-0.25, -0.2) is 0 Å². The highest BCUT2D eigenvalue weighted by Crippen LogP contribution is 2.51. The Hall–Kier alpha value is -2.47. The van der Waals surface area contributed by atoms with Crippen molar-refractivity contribution >= 4 is 5.97 Å². The fourth-order valence-electron chi connectivity index (χ4n) is 10.4. The largest absolute Gasteiger partial charge is 0.465 e. The first-order valence-electron chi connectivity index (χ1n) is 21.1. The van der Waals surface area contributed by atoms with Gasteiger partial charge in [0.25, 0.3) is 0 Å². The van der Waals surface area contributed by atoms with Crippen LogP contribution in [0.4, 0.5) is 0 Å². The van der Waals surface area contributed by atoms with Crippen LogP contribution in [0.3, 0.4) is 0 Å². The van der Waals surface area contributed by atoms with Crippen molar-refractivity contribution in [2.75, 3.05) is 20.3 Å². The van der Waals surface area contributed by atoms with Crippen LogP contribution in [0.2, 0.25) is 0 Å². The number of hydrogen-bond donors (Lipinski definition) is 2. The van der Waals surface area contributed by atoms with Gasteiger partial charge in [-0.2, -0.15) is 0 Å². The van der Waals surface area contributed by atoms with Crippen LogP contribution in [0, 0.1) is 17.3 Å². The summed E-state index contributed by atoms with van der Waals surface area (Å²) >= 11 is 0. The minimum absolute atomic E-state index is 0.00947. The van der Waals surface area contributed by atoms with Crippen molar-refractivity contribution < 1.29 is 19.4 Å². The second-order valence-corrected chi connectivity index (χ2v) is 17.9. The summed E-state index contributed by atoms with van der Waals surface area (Å²) in [7, 11) is 1.81. The summed E-state index contributed by atoms with van der Waals surface area (Å²) < 4.78 is 10.6. The number of methoxy groups -OCH3 is 1. The van der Waals surface area contributed by atoms with Crippen molar-refractivity contribution in [3.63, 3.8) is 0 Å². The molecule has 2 aromatic rings. The molecule has 4 aliphatic carbocycles. The topological polar surface area (TPSA) is 81.8 Å². The lowest BCUT2D eigenvalue weighted by Crippen LogP contribution is -2.40. The molecule has 1 saturated heterocycles. The third kappa shape index (κ3) is 10.2. The first-order valence-corrected chi connectivity index (χ1v) is 21.1. The van der Waals surface area contributed by atoms with E-state index in [0.717, 1.165) is 50.4 Å². The first-order chi connectivity index (χ1) is 25.2. The van der Waals surface area contributed by atoms with Crippen LogP contribution in [-0.2, 0) is 40.0 Å². The summed E-state index contributed by atoms with van der Waals surface area (Å²) in [5.41, 5.74) is 15.3. The minimum Gasteiger partial charge on any atom is -0.465 e. The number of allylic oxidation sites excluding steroid dienone is 1. The number of nitrogens with two attached hydrogens (primary N) is 1. The second-order valence-electron chi connectivity index (χ2n) is 17.9. The molecule has 5 heteroatoms. The number of aliphatic hydroxyl groups excluding tert-OH is 1. The highest BCUT2D eigenvalue weighted by atomic mass is 16.5. The van der Waals surface area contributed by atoms with E-state index in [1.807, 2.05) is 6.08 Å². The molecule has 286 valence electrons. The van der Waals surface area contributed by atoms with Gasteiger partial charge in [0.15, 0.2) is 0 Å². The Morgan fingerprint density at radius 1 is 0.885 bits per heavy atom. The van der Waals surface area contributed by atoms with Gasteiger partial charge >= 0.3 is 5.97 Å². The van der Waals surface area contributed by atoms with Crippen molar-refractivity contribution in [2.45, 2.75) is 165 Å². The Labute approximate surface area is 315 Å². The Kier molecular flexibility index (Phi) is 13.8. The smallest absolute Gasteiger partial charge is 0.306 e. The molecule has 2 aromatic carbocycles. The summed E-state index contributed by atoms with van der Waals surface area (Å²) in [6.45, 7) is 6.74. The van der Waals surface area contributed by atoms with Crippen LogP contribution in [0.5, 0.6) is 0 Å². The van der Waals surface area contributed by atoms with Crippen LogP contribution < -0.4 is 5.73 Å². The van der Waals surface area contributed by atoms with E-state index in [2.05, 4.69) is 49.9 Å². The molecule has 7 rings (SSSR count). The fraction of sp³-hybridized carbons (Fsp3) is 0.681. The van der Waals surface area contributed by atoms with Gasteiger partial charge in [-0.05, 0) is 160 Å². The van der Waals surface area contributed by atoms with Crippen LogP contribution in [-0.4, -0.2) is 43.0 Å². The number of rotatable bonds is 14. The maximum atomic E-state index is 11.6. The van der Waals surface area contributed by atoms with Crippen molar-refractivity contribution in [2.24, 2.45) is 23.0 Å². The van der Waals surface area contributed by atoms with Crippen LogP contribution >= 0.6 is 0 Å². The van der Waals surface area contributed by atoms with Gasteiger partial charge in [0.2, 0.25) is 0 Å². The van der Waals surface area contributed by atoms with Gasteiger partial charge < -0.3 is 20.3 Å². The number of fused-ring (bicyclic) bond motifs is 2. The zero-order chi connectivity index (χ0) is 36.6. The van der Waals surface area contributed by atoms with E-state index in [1.54, 1.807) is 29.4 Å². The quantitative estimate of drug-likeness (QED) is 0.116. The predicted octanol–water partition coefficient (Wildman–Crippen LogP) is 10.1. The lowest BCUT2D eigenvalue weighted by molar-refractivity contribution is -0.137. The first kappa shape index (κ1) is 39.2. The van der Waals surface area contributed by atoms with E-state index in [4.69, 9.17) is 15.2 Å². The number of carbonyl (C=O) groups is 1. The monoisotopic (exact) mass is 712 g/mol. The zero-order valence-corrected chi connectivity index (χ0v) is 32.6. The number of aryl methyl sites for hydroxylation is 2. The number of carbonyl (C=O) groups excluding carboxylic acids is 1. The normalized spacial score (nSPS) is 30.0.